The molecule has 1 amide bonds. The maximum atomic E-state index is 14.0. The Morgan fingerprint density at radius 1 is 0.977 bits per heavy atom. The molecule has 0 aliphatic carbocycles. The molecule has 238 valence electrons. The fourth-order valence-corrected chi connectivity index (χ4v) is 6.26. The van der Waals surface area contributed by atoms with Crippen LogP contribution >= 0.6 is 11.6 Å². The molecule has 1 atom stereocenters. The highest BCUT2D eigenvalue weighted by Crippen LogP contribution is 2.26. The molecule has 10 heteroatoms. The summed E-state index contributed by atoms with van der Waals surface area (Å²) in [4.78, 5) is 29.8. The lowest BCUT2D eigenvalue weighted by Crippen LogP contribution is -2.38. The van der Waals surface area contributed by atoms with Gasteiger partial charge >= 0.3 is 0 Å². The number of alkyl halides is 1. The van der Waals surface area contributed by atoms with Crippen molar-refractivity contribution in [1.29, 1.82) is 0 Å². The van der Waals surface area contributed by atoms with Gasteiger partial charge in [0.15, 0.2) is 5.78 Å². The van der Waals surface area contributed by atoms with E-state index in [0.717, 1.165) is 18.4 Å². The Morgan fingerprint density at radius 3 is 2.14 bits per heavy atom. The number of nitrogens with zero attached hydrogens (tertiary/aromatic N) is 3. The van der Waals surface area contributed by atoms with Crippen LogP contribution < -0.4 is 5.49 Å². The third-order valence-corrected chi connectivity index (χ3v) is 9.44. The fourth-order valence-electron chi connectivity index (χ4n) is 5.12. The molecule has 1 unspecified atom stereocenters. The highest BCUT2D eigenvalue weighted by atomic mass is 35.5. The maximum Gasteiger partial charge on any atom is 0.284 e. The molecule has 2 aromatic rings. The number of carbonyl (C=O) groups is 2. The van der Waals surface area contributed by atoms with Crippen LogP contribution in [0.5, 0.6) is 0 Å². The summed E-state index contributed by atoms with van der Waals surface area (Å²) >= 11 is 6.09. The zero-order valence-electron chi connectivity index (χ0n) is 26.3. The number of pyridine rings is 1. The average Bonchev–Trinajstić information content (AvgIpc) is 2.98. The summed E-state index contributed by atoms with van der Waals surface area (Å²) in [5.74, 6) is 0.842. The molecule has 1 aromatic heterocycles. The van der Waals surface area contributed by atoms with Crippen LogP contribution in [0.4, 0.5) is 0 Å². The van der Waals surface area contributed by atoms with E-state index in [1.54, 1.807) is 35.0 Å². The lowest BCUT2D eigenvalue weighted by atomic mass is 9.89. The number of carbonyl (C=O) groups excluding carboxylic acids is 2. The predicted octanol–water partition coefficient (Wildman–Crippen LogP) is 6.18. The smallest absolute Gasteiger partial charge is 0.284 e. The molecule has 1 aliphatic rings. The lowest BCUT2D eigenvalue weighted by molar-refractivity contribution is -0.129. The molecule has 0 spiro atoms. The Kier molecular flexibility index (Phi) is 13.5. The van der Waals surface area contributed by atoms with Crippen LogP contribution in [-0.2, 0) is 19.6 Å². The van der Waals surface area contributed by atoms with E-state index in [-0.39, 0.29) is 28.0 Å². The third-order valence-electron chi connectivity index (χ3n) is 7.87. The van der Waals surface area contributed by atoms with Crippen LogP contribution in [0.25, 0.3) is 0 Å². The first-order valence-corrected chi connectivity index (χ1v) is 17.5. The van der Waals surface area contributed by atoms with Gasteiger partial charge in [-0.2, -0.15) is 8.42 Å². The van der Waals surface area contributed by atoms with Gasteiger partial charge < -0.3 is 14.2 Å². The van der Waals surface area contributed by atoms with E-state index in [1.807, 2.05) is 11.8 Å². The van der Waals surface area contributed by atoms with Crippen molar-refractivity contribution in [3.05, 3.63) is 59.2 Å². The summed E-state index contributed by atoms with van der Waals surface area (Å²) in [6.07, 6.45) is 5.51. The van der Waals surface area contributed by atoms with Gasteiger partial charge in [-0.25, -0.2) is 0 Å². The van der Waals surface area contributed by atoms with Gasteiger partial charge in [0.1, 0.15) is 5.49 Å². The van der Waals surface area contributed by atoms with Crippen LogP contribution in [0, 0.1) is 24.7 Å². The topological polar surface area (TPSA) is 98.0 Å². The van der Waals surface area contributed by atoms with Gasteiger partial charge in [-0.3, -0.25) is 9.59 Å². The molecular formula is C33H48ClN3O5S. The number of hydrogen-bond donors (Lipinski definition) is 0. The number of rotatable bonds is 15. The number of ketones is 1. The number of amides is 1. The quantitative estimate of drug-likeness (QED) is 0.218. The molecule has 0 N–H and O–H groups in total. The van der Waals surface area contributed by atoms with Crippen LogP contribution in [-0.4, -0.2) is 61.8 Å². The van der Waals surface area contributed by atoms with E-state index in [4.69, 9.17) is 16.3 Å². The lowest BCUT2D eigenvalue weighted by Gasteiger charge is -2.28. The van der Waals surface area contributed by atoms with Crippen LogP contribution in [0.1, 0.15) is 88.2 Å². The van der Waals surface area contributed by atoms with E-state index in [2.05, 4.69) is 32.1 Å². The van der Waals surface area contributed by atoms with E-state index in [0.29, 0.717) is 75.3 Å². The van der Waals surface area contributed by atoms with Crippen molar-refractivity contribution >= 4 is 33.3 Å². The van der Waals surface area contributed by atoms with E-state index < -0.39 is 16.1 Å². The van der Waals surface area contributed by atoms with E-state index in [1.165, 1.54) is 12.1 Å². The second-order valence-corrected chi connectivity index (χ2v) is 14.3. The Balaban J connectivity index is 2.16. The summed E-state index contributed by atoms with van der Waals surface area (Å²) in [6.45, 7) is 12.7. The minimum Gasteiger partial charge on any atom is -0.381 e. The molecule has 8 nitrogen and oxygen atoms in total. The largest absolute Gasteiger partial charge is 0.381 e. The minimum atomic E-state index is -4.09. The molecule has 0 saturated carbocycles. The Bertz CT molecular complexity index is 1370. The summed E-state index contributed by atoms with van der Waals surface area (Å²) in [6, 6.07) is 8.94. The number of benzene rings is 1. The van der Waals surface area contributed by atoms with Gasteiger partial charge in [-0.15, -0.1) is 16.0 Å². The molecule has 0 radical (unpaired) electrons. The highest BCUT2D eigenvalue weighted by Gasteiger charge is 2.31. The number of sulfonamides is 1. The first kappa shape index (κ1) is 35.0. The molecule has 3 rings (SSSR count). The fraction of sp³-hybridized carbons (Fsp3) is 0.606. The van der Waals surface area contributed by atoms with Gasteiger partial charge in [0.05, 0.1) is 16.5 Å². The molecule has 2 heterocycles. The average molecular weight is 634 g/mol. The van der Waals surface area contributed by atoms with E-state index >= 15 is 0 Å². The molecule has 1 saturated heterocycles. The molecule has 1 fully saturated rings. The van der Waals surface area contributed by atoms with Crippen molar-refractivity contribution in [1.82, 2.24) is 9.47 Å². The van der Waals surface area contributed by atoms with Crippen molar-refractivity contribution in [3.63, 3.8) is 0 Å². The van der Waals surface area contributed by atoms with Crippen molar-refractivity contribution in [2.24, 2.45) is 22.2 Å². The van der Waals surface area contributed by atoms with Crippen molar-refractivity contribution in [2.75, 3.05) is 32.2 Å². The standard InChI is InChI=1S/C33H48ClN3O5S/c1-24(2)14-19-36(20-15-25(3)4)33(39)28-10-13-31(35-43(40,41)29-11-8-26(5)9-12-29)37(23-28)30(7-6-18-34)32(38)27-16-21-42-22-17-27/h8-13,23-25,27,30H,6-7,14-22H2,1-5H3/b35-31+. The molecule has 0 bridgehead atoms. The van der Waals surface area contributed by atoms with E-state index in [9.17, 15) is 18.0 Å². The highest BCUT2D eigenvalue weighted by molar-refractivity contribution is 7.90. The first-order valence-electron chi connectivity index (χ1n) is 15.5. The number of hydrogen-bond acceptors (Lipinski definition) is 5. The SMILES string of the molecule is Cc1ccc(S(=O)(=O)/N=c2\ccc(C(=O)N(CCC(C)C)CCC(C)C)cn2C(CCCCl)C(=O)C2CCOCC2)cc1. The number of Topliss-reactive ketones (excluding diaryl/α,β-unsaturated/α-hetero) is 1. The summed E-state index contributed by atoms with van der Waals surface area (Å²) < 4.78 is 38.1. The van der Waals surface area contributed by atoms with Crippen LogP contribution in [0.2, 0.25) is 0 Å². The Labute approximate surface area is 262 Å². The van der Waals surface area contributed by atoms with Gasteiger partial charge in [-0.05, 0) is 81.5 Å². The van der Waals surface area contributed by atoms with Gasteiger partial charge in [0.25, 0.3) is 15.9 Å². The Morgan fingerprint density at radius 2 is 1.58 bits per heavy atom. The first-order chi connectivity index (χ1) is 20.4. The molecule has 1 aliphatic heterocycles. The van der Waals surface area contributed by atoms with Crippen molar-refractivity contribution in [2.45, 2.75) is 84.1 Å². The van der Waals surface area contributed by atoms with Crippen molar-refractivity contribution in [3.8, 4) is 0 Å². The molecular weight excluding hydrogens is 586 g/mol. The van der Waals surface area contributed by atoms with Crippen LogP contribution in [0.15, 0.2) is 51.9 Å². The predicted molar refractivity (Wildman–Crippen MR) is 171 cm³/mol. The zero-order chi connectivity index (χ0) is 31.6. The molecule has 43 heavy (non-hydrogen) atoms. The van der Waals surface area contributed by atoms with Gasteiger partial charge in [-0.1, -0.05) is 45.4 Å². The number of halogens is 1. The second-order valence-electron chi connectivity index (χ2n) is 12.4. The monoisotopic (exact) mass is 633 g/mol. The second kappa shape index (κ2) is 16.5. The zero-order valence-corrected chi connectivity index (χ0v) is 27.9. The summed E-state index contributed by atoms with van der Waals surface area (Å²) in [5.41, 5.74) is 1.43. The van der Waals surface area contributed by atoms with Crippen molar-refractivity contribution < 1.29 is 22.7 Å². The van der Waals surface area contributed by atoms with Gasteiger partial charge in [0, 0.05) is 44.3 Å². The Hall–Kier alpha value is -2.49. The minimum absolute atomic E-state index is 0.0105. The normalized spacial score (nSPS) is 15.7. The third kappa shape index (κ3) is 10.3. The number of aromatic nitrogens is 1. The number of aryl methyl sites for hydroxylation is 1. The summed E-state index contributed by atoms with van der Waals surface area (Å²) in [7, 11) is -4.09. The summed E-state index contributed by atoms with van der Waals surface area (Å²) in [5, 5.41) is 0. The van der Waals surface area contributed by atoms with Crippen LogP contribution in [0.3, 0.4) is 0 Å². The van der Waals surface area contributed by atoms with Gasteiger partial charge in [0.2, 0.25) is 0 Å². The number of ether oxygens (including phenoxy) is 1. The molecule has 1 aromatic carbocycles. The maximum absolute atomic E-state index is 14.0.